The first-order valence-corrected chi connectivity index (χ1v) is 6.26. The third-order valence-corrected chi connectivity index (χ3v) is 3.05. The smallest absolute Gasteiger partial charge is 0.164 e. The van der Waals surface area contributed by atoms with E-state index in [1.165, 1.54) is 11.1 Å². The minimum atomic E-state index is 0.235. The van der Waals surface area contributed by atoms with Crippen molar-refractivity contribution in [2.45, 2.75) is 47.1 Å². The number of nitrogens with one attached hydrogen (secondary N) is 1. The Balaban J connectivity index is 2.72. The van der Waals surface area contributed by atoms with Gasteiger partial charge >= 0.3 is 0 Å². The summed E-state index contributed by atoms with van der Waals surface area (Å²) in [4.78, 5) is 12.1. The summed E-state index contributed by atoms with van der Waals surface area (Å²) in [6, 6.07) is 4.55. The molecule has 1 aromatic carbocycles. The highest BCUT2D eigenvalue weighted by Gasteiger charge is 2.10. The molecule has 0 saturated heterocycles. The molecule has 0 fully saturated rings. The lowest BCUT2D eigenvalue weighted by Gasteiger charge is -2.10. The second-order valence-corrected chi connectivity index (χ2v) is 5.03. The van der Waals surface area contributed by atoms with Crippen LogP contribution in [0.4, 0.5) is 0 Å². The van der Waals surface area contributed by atoms with E-state index in [1.807, 2.05) is 13.0 Å². The van der Waals surface area contributed by atoms with E-state index in [-0.39, 0.29) is 5.78 Å². The van der Waals surface area contributed by atoms with Gasteiger partial charge in [0.2, 0.25) is 0 Å². The fourth-order valence-corrected chi connectivity index (χ4v) is 1.87. The Morgan fingerprint density at radius 2 is 1.71 bits per heavy atom. The molecule has 0 bridgehead atoms. The van der Waals surface area contributed by atoms with Crippen LogP contribution in [0.5, 0.6) is 0 Å². The van der Waals surface area contributed by atoms with Gasteiger partial charge in [-0.25, -0.2) is 0 Å². The Hall–Kier alpha value is -1.15. The number of carbonyl (C=O) groups excluding carboxylic acids is 1. The van der Waals surface area contributed by atoms with Crippen LogP contribution in [0.1, 0.15) is 47.3 Å². The maximum Gasteiger partial charge on any atom is 0.164 e. The third kappa shape index (κ3) is 3.97. The summed E-state index contributed by atoms with van der Waals surface area (Å²) in [5, 5.41) is 3.27. The zero-order valence-corrected chi connectivity index (χ0v) is 11.6. The minimum absolute atomic E-state index is 0.235. The molecule has 0 amide bonds. The van der Waals surface area contributed by atoms with E-state index < -0.39 is 0 Å². The van der Waals surface area contributed by atoms with Crippen molar-refractivity contribution in [2.75, 3.05) is 6.54 Å². The maximum absolute atomic E-state index is 12.1. The van der Waals surface area contributed by atoms with Gasteiger partial charge in [-0.2, -0.15) is 0 Å². The van der Waals surface area contributed by atoms with Crippen molar-refractivity contribution < 1.29 is 4.79 Å². The van der Waals surface area contributed by atoms with E-state index in [9.17, 15) is 4.79 Å². The quantitative estimate of drug-likeness (QED) is 0.791. The first kappa shape index (κ1) is 13.9. The molecule has 17 heavy (non-hydrogen) atoms. The Morgan fingerprint density at radius 1 is 1.12 bits per heavy atom. The van der Waals surface area contributed by atoms with Crippen molar-refractivity contribution in [3.05, 3.63) is 34.4 Å². The van der Waals surface area contributed by atoms with Crippen LogP contribution in [0.15, 0.2) is 12.1 Å². The molecule has 0 spiro atoms. The lowest BCUT2D eigenvalue weighted by molar-refractivity contribution is 0.0981. The number of aryl methyl sites for hydroxylation is 3. The van der Waals surface area contributed by atoms with Crippen LogP contribution in [-0.4, -0.2) is 18.4 Å². The molecule has 1 aromatic rings. The molecule has 1 N–H and O–H groups in total. The first-order valence-electron chi connectivity index (χ1n) is 6.26. The Morgan fingerprint density at radius 3 is 2.29 bits per heavy atom. The Bertz CT molecular complexity index is 408. The molecule has 0 heterocycles. The molecule has 94 valence electrons. The standard InChI is InChI=1S/C15H23NO/c1-10(2)16-7-6-15(17)14-9-12(4)11(3)8-13(14)5/h8-10,16H,6-7H2,1-5H3. The second-order valence-electron chi connectivity index (χ2n) is 5.03. The topological polar surface area (TPSA) is 29.1 Å². The van der Waals surface area contributed by atoms with Gasteiger partial charge in [0, 0.05) is 24.6 Å². The largest absolute Gasteiger partial charge is 0.314 e. The Kier molecular flexibility index (Phi) is 4.88. The lowest BCUT2D eigenvalue weighted by atomic mass is 9.97. The number of hydrogen-bond donors (Lipinski definition) is 1. The monoisotopic (exact) mass is 233 g/mol. The van der Waals surface area contributed by atoms with Crippen molar-refractivity contribution in [1.29, 1.82) is 0 Å². The van der Waals surface area contributed by atoms with Gasteiger partial charge in [-0.15, -0.1) is 0 Å². The molecule has 0 radical (unpaired) electrons. The van der Waals surface area contributed by atoms with Crippen LogP contribution in [0.25, 0.3) is 0 Å². The van der Waals surface area contributed by atoms with E-state index in [0.717, 1.165) is 17.7 Å². The summed E-state index contributed by atoms with van der Waals surface area (Å²) in [6.45, 7) is 11.1. The minimum Gasteiger partial charge on any atom is -0.314 e. The third-order valence-electron chi connectivity index (χ3n) is 3.05. The normalized spacial score (nSPS) is 10.9. The van der Waals surface area contributed by atoms with Crippen LogP contribution in [0.3, 0.4) is 0 Å². The number of benzene rings is 1. The van der Waals surface area contributed by atoms with Crippen molar-refractivity contribution in [2.24, 2.45) is 0 Å². The van der Waals surface area contributed by atoms with Gasteiger partial charge in [0.15, 0.2) is 5.78 Å². The highest BCUT2D eigenvalue weighted by molar-refractivity contribution is 5.97. The van der Waals surface area contributed by atoms with E-state index in [0.29, 0.717) is 12.5 Å². The van der Waals surface area contributed by atoms with E-state index in [2.05, 4.69) is 39.1 Å². The van der Waals surface area contributed by atoms with Crippen LogP contribution in [0, 0.1) is 20.8 Å². The summed E-state index contributed by atoms with van der Waals surface area (Å²) in [7, 11) is 0. The molecule has 0 aliphatic carbocycles. The SMILES string of the molecule is Cc1cc(C)c(C(=O)CCNC(C)C)cc1C. The summed E-state index contributed by atoms with van der Waals surface area (Å²) in [5.41, 5.74) is 4.40. The fraction of sp³-hybridized carbons (Fsp3) is 0.533. The molecule has 0 aliphatic heterocycles. The zero-order valence-electron chi connectivity index (χ0n) is 11.6. The van der Waals surface area contributed by atoms with E-state index in [1.54, 1.807) is 0 Å². The maximum atomic E-state index is 12.1. The number of Topliss-reactive ketones (excluding diaryl/α,β-unsaturated/α-hetero) is 1. The summed E-state index contributed by atoms with van der Waals surface area (Å²) in [6.07, 6.45) is 0.571. The summed E-state index contributed by atoms with van der Waals surface area (Å²) in [5.74, 6) is 0.235. The number of ketones is 1. The highest BCUT2D eigenvalue weighted by Crippen LogP contribution is 2.16. The van der Waals surface area contributed by atoms with E-state index in [4.69, 9.17) is 0 Å². The van der Waals surface area contributed by atoms with Gasteiger partial charge in [-0.3, -0.25) is 4.79 Å². The number of rotatable bonds is 5. The molecule has 2 heteroatoms. The van der Waals surface area contributed by atoms with Crippen LogP contribution < -0.4 is 5.32 Å². The summed E-state index contributed by atoms with van der Waals surface area (Å²) >= 11 is 0. The predicted octanol–water partition coefficient (Wildman–Crippen LogP) is 3.18. The lowest BCUT2D eigenvalue weighted by Crippen LogP contribution is -2.25. The van der Waals surface area contributed by atoms with Crippen molar-refractivity contribution in [3.8, 4) is 0 Å². The van der Waals surface area contributed by atoms with Gasteiger partial charge in [-0.05, 0) is 43.5 Å². The highest BCUT2D eigenvalue weighted by atomic mass is 16.1. The molecule has 1 rings (SSSR count). The second kappa shape index (κ2) is 5.97. The van der Waals surface area contributed by atoms with Crippen LogP contribution in [-0.2, 0) is 0 Å². The number of carbonyl (C=O) groups is 1. The van der Waals surface area contributed by atoms with E-state index >= 15 is 0 Å². The first-order chi connectivity index (χ1) is 7.91. The van der Waals surface area contributed by atoms with Gasteiger partial charge < -0.3 is 5.32 Å². The zero-order chi connectivity index (χ0) is 13.0. The van der Waals surface area contributed by atoms with Crippen molar-refractivity contribution >= 4 is 5.78 Å². The summed E-state index contributed by atoms with van der Waals surface area (Å²) < 4.78 is 0. The fourth-order valence-electron chi connectivity index (χ4n) is 1.87. The Labute approximate surface area is 104 Å². The molecule has 0 aromatic heterocycles. The molecule has 0 unspecified atom stereocenters. The van der Waals surface area contributed by atoms with Gasteiger partial charge in [0.05, 0.1) is 0 Å². The van der Waals surface area contributed by atoms with Gasteiger partial charge in [-0.1, -0.05) is 19.9 Å². The van der Waals surface area contributed by atoms with Gasteiger partial charge in [0.1, 0.15) is 0 Å². The average Bonchev–Trinajstić information content (AvgIpc) is 2.22. The molecular weight excluding hydrogens is 210 g/mol. The van der Waals surface area contributed by atoms with Crippen LogP contribution in [0.2, 0.25) is 0 Å². The molecule has 0 saturated carbocycles. The van der Waals surface area contributed by atoms with Crippen molar-refractivity contribution in [1.82, 2.24) is 5.32 Å². The predicted molar refractivity (Wildman–Crippen MR) is 72.7 cm³/mol. The molecule has 2 nitrogen and oxygen atoms in total. The van der Waals surface area contributed by atoms with Gasteiger partial charge in [0.25, 0.3) is 0 Å². The molecular formula is C15H23NO. The average molecular weight is 233 g/mol. The van der Waals surface area contributed by atoms with Crippen molar-refractivity contribution in [3.63, 3.8) is 0 Å². The number of hydrogen-bond acceptors (Lipinski definition) is 2. The molecule has 0 atom stereocenters. The van der Waals surface area contributed by atoms with Crippen LogP contribution >= 0.6 is 0 Å². The molecule has 0 aliphatic rings.